The molecule has 0 radical (unpaired) electrons. The number of hydrogen-bond acceptors (Lipinski definition) is 4. The minimum absolute atomic E-state index is 0.00411. The Morgan fingerprint density at radius 3 is 2.67 bits per heavy atom. The first kappa shape index (κ1) is 13.5. The average molecular weight is 264 g/mol. The van der Waals surface area contributed by atoms with Crippen molar-refractivity contribution in [1.29, 1.82) is 0 Å². The molecule has 0 saturated heterocycles. The van der Waals surface area contributed by atoms with Crippen LogP contribution in [0, 0.1) is 5.92 Å². The van der Waals surface area contributed by atoms with Crippen LogP contribution in [-0.4, -0.2) is 24.2 Å². The Morgan fingerprint density at radius 2 is 2.06 bits per heavy atom. The molecule has 2 N–H and O–H groups in total. The minimum atomic E-state index is -0.00411. The Labute approximate surface area is 112 Å². The number of hydrogen-bond donors (Lipinski definition) is 1. The van der Waals surface area contributed by atoms with Crippen LogP contribution < -0.4 is 5.73 Å². The van der Waals surface area contributed by atoms with Gasteiger partial charge in [-0.05, 0) is 18.1 Å². The first-order chi connectivity index (χ1) is 8.61. The third-order valence-corrected chi connectivity index (χ3v) is 4.16. The Balaban J connectivity index is 2.13. The topological polar surface area (TPSA) is 48.1 Å². The highest BCUT2D eigenvalue weighted by molar-refractivity contribution is 7.18. The molecule has 0 bridgehead atoms. The van der Waals surface area contributed by atoms with Crippen molar-refractivity contribution in [2.75, 3.05) is 7.11 Å². The summed E-state index contributed by atoms with van der Waals surface area (Å²) < 4.78 is 6.69. The lowest BCUT2D eigenvalue weighted by atomic mass is 9.98. The molecular weight excluding hydrogens is 244 g/mol. The van der Waals surface area contributed by atoms with Gasteiger partial charge >= 0.3 is 0 Å². The quantitative estimate of drug-likeness (QED) is 0.903. The lowest BCUT2D eigenvalue weighted by molar-refractivity contribution is 0.0441. The van der Waals surface area contributed by atoms with E-state index in [0.717, 1.165) is 16.9 Å². The molecule has 3 nitrogen and oxygen atoms in total. The second-order valence-corrected chi connectivity index (χ2v) is 6.00. The smallest absolute Gasteiger partial charge is 0.0955 e. The highest BCUT2D eigenvalue weighted by Gasteiger charge is 2.22. The lowest BCUT2D eigenvalue weighted by Crippen LogP contribution is -2.41. The second kappa shape index (κ2) is 5.78. The summed E-state index contributed by atoms with van der Waals surface area (Å²) in [5.74, 6) is 0.416. The number of nitrogens with two attached hydrogens (primary N) is 1. The molecule has 1 aromatic carbocycles. The van der Waals surface area contributed by atoms with Gasteiger partial charge in [-0.15, -0.1) is 11.3 Å². The van der Waals surface area contributed by atoms with Gasteiger partial charge in [0.2, 0.25) is 0 Å². The van der Waals surface area contributed by atoms with Gasteiger partial charge in [-0.25, -0.2) is 4.98 Å². The Bertz CT molecular complexity index is 476. The van der Waals surface area contributed by atoms with Gasteiger partial charge in [0, 0.05) is 19.6 Å². The van der Waals surface area contributed by atoms with E-state index in [1.54, 1.807) is 18.4 Å². The number of para-hydroxylation sites is 1. The van der Waals surface area contributed by atoms with Crippen molar-refractivity contribution in [2.24, 2.45) is 11.7 Å². The highest BCUT2D eigenvalue weighted by Crippen LogP contribution is 2.23. The SMILES string of the molecule is COC(C(C)C)C(N)Cc1nc2ccccc2s1. The maximum absolute atomic E-state index is 6.22. The van der Waals surface area contributed by atoms with Gasteiger partial charge < -0.3 is 10.5 Å². The number of benzene rings is 1. The van der Waals surface area contributed by atoms with Crippen molar-refractivity contribution in [3.63, 3.8) is 0 Å². The molecule has 0 aliphatic carbocycles. The lowest BCUT2D eigenvalue weighted by Gasteiger charge is -2.25. The molecule has 4 heteroatoms. The molecule has 2 aromatic rings. The number of aromatic nitrogens is 1. The first-order valence-corrected chi connectivity index (χ1v) is 7.06. The molecule has 0 fully saturated rings. The monoisotopic (exact) mass is 264 g/mol. The molecule has 2 rings (SSSR count). The standard InChI is InChI=1S/C14H20N2OS/c1-9(2)14(17-3)10(15)8-13-16-11-6-4-5-7-12(11)18-13/h4-7,9-10,14H,8,15H2,1-3H3. The fraction of sp³-hybridized carbons (Fsp3) is 0.500. The van der Waals surface area contributed by atoms with Crippen molar-refractivity contribution in [3.8, 4) is 0 Å². The minimum Gasteiger partial charge on any atom is -0.380 e. The highest BCUT2D eigenvalue weighted by atomic mass is 32.1. The Morgan fingerprint density at radius 1 is 1.33 bits per heavy atom. The number of thiazole rings is 1. The summed E-state index contributed by atoms with van der Waals surface area (Å²) >= 11 is 1.72. The molecule has 2 atom stereocenters. The first-order valence-electron chi connectivity index (χ1n) is 6.24. The molecule has 98 valence electrons. The fourth-order valence-corrected chi connectivity index (χ4v) is 3.30. The number of rotatable bonds is 5. The van der Waals surface area contributed by atoms with Crippen molar-refractivity contribution < 1.29 is 4.74 Å². The van der Waals surface area contributed by atoms with E-state index in [1.807, 2.05) is 18.2 Å². The predicted octanol–water partition coefficient (Wildman–Crippen LogP) is 2.84. The number of nitrogens with zero attached hydrogens (tertiary/aromatic N) is 1. The molecule has 0 amide bonds. The molecule has 1 aromatic heterocycles. The average Bonchev–Trinajstić information content (AvgIpc) is 2.71. The largest absolute Gasteiger partial charge is 0.380 e. The van der Waals surface area contributed by atoms with Gasteiger partial charge in [-0.2, -0.15) is 0 Å². The van der Waals surface area contributed by atoms with Crippen LogP contribution in [0.3, 0.4) is 0 Å². The second-order valence-electron chi connectivity index (χ2n) is 4.89. The maximum Gasteiger partial charge on any atom is 0.0955 e. The van der Waals surface area contributed by atoms with Crippen LogP contribution in [-0.2, 0) is 11.2 Å². The molecule has 0 spiro atoms. The number of ether oxygens (including phenoxy) is 1. The van der Waals surface area contributed by atoms with Crippen LogP contribution in [0.15, 0.2) is 24.3 Å². The van der Waals surface area contributed by atoms with Crippen molar-refractivity contribution in [1.82, 2.24) is 4.98 Å². The van der Waals surface area contributed by atoms with Crippen molar-refractivity contribution >= 4 is 21.6 Å². The van der Waals surface area contributed by atoms with E-state index < -0.39 is 0 Å². The van der Waals surface area contributed by atoms with Gasteiger partial charge in [0.15, 0.2) is 0 Å². The summed E-state index contributed by atoms with van der Waals surface area (Å²) in [4.78, 5) is 4.61. The Hall–Kier alpha value is -0.970. The van der Waals surface area contributed by atoms with Crippen LogP contribution in [0.4, 0.5) is 0 Å². The molecule has 0 aliphatic heterocycles. The van der Waals surface area contributed by atoms with Gasteiger partial charge in [0.1, 0.15) is 0 Å². The van der Waals surface area contributed by atoms with Crippen LogP contribution in [0.5, 0.6) is 0 Å². The molecule has 2 unspecified atom stereocenters. The predicted molar refractivity (Wildman–Crippen MR) is 76.9 cm³/mol. The normalized spacial score (nSPS) is 15.2. The van der Waals surface area contributed by atoms with E-state index in [0.29, 0.717) is 5.92 Å². The fourth-order valence-electron chi connectivity index (χ4n) is 2.27. The third-order valence-electron chi connectivity index (χ3n) is 3.10. The molecular formula is C14H20N2OS. The van der Waals surface area contributed by atoms with E-state index in [4.69, 9.17) is 10.5 Å². The van der Waals surface area contributed by atoms with E-state index in [-0.39, 0.29) is 12.1 Å². The van der Waals surface area contributed by atoms with Crippen molar-refractivity contribution in [3.05, 3.63) is 29.3 Å². The zero-order chi connectivity index (χ0) is 13.1. The van der Waals surface area contributed by atoms with Crippen LogP contribution in [0.1, 0.15) is 18.9 Å². The van der Waals surface area contributed by atoms with Crippen LogP contribution in [0.2, 0.25) is 0 Å². The molecule has 0 aliphatic rings. The number of fused-ring (bicyclic) bond motifs is 1. The van der Waals surface area contributed by atoms with Gasteiger partial charge in [0.05, 0.1) is 21.3 Å². The molecule has 18 heavy (non-hydrogen) atoms. The summed E-state index contributed by atoms with van der Waals surface area (Å²) in [5.41, 5.74) is 7.28. The molecule has 1 heterocycles. The van der Waals surface area contributed by atoms with Gasteiger partial charge in [-0.1, -0.05) is 26.0 Å². The summed E-state index contributed by atoms with van der Waals surface area (Å²) in [7, 11) is 1.73. The van der Waals surface area contributed by atoms with Gasteiger partial charge in [0.25, 0.3) is 0 Å². The summed E-state index contributed by atoms with van der Waals surface area (Å²) in [6.07, 6.45) is 0.854. The zero-order valence-electron chi connectivity index (χ0n) is 11.1. The van der Waals surface area contributed by atoms with Crippen molar-refractivity contribution in [2.45, 2.75) is 32.4 Å². The number of methoxy groups -OCH3 is 1. The zero-order valence-corrected chi connectivity index (χ0v) is 11.9. The van der Waals surface area contributed by atoms with E-state index in [2.05, 4.69) is 24.9 Å². The Kier molecular flexibility index (Phi) is 4.32. The maximum atomic E-state index is 6.22. The van der Waals surface area contributed by atoms with E-state index in [1.165, 1.54) is 4.70 Å². The van der Waals surface area contributed by atoms with Crippen LogP contribution in [0.25, 0.3) is 10.2 Å². The summed E-state index contributed by atoms with van der Waals surface area (Å²) in [6.45, 7) is 4.26. The molecule has 0 saturated carbocycles. The summed E-state index contributed by atoms with van der Waals surface area (Å²) in [6, 6.07) is 8.18. The third kappa shape index (κ3) is 2.88. The summed E-state index contributed by atoms with van der Waals surface area (Å²) in [5, 5.41) is 1.09. The van der Waals surface area contributed by atoms with E-state index >= 15 is 0 Å². The van der Waals surface area contributed by atoms with E-state index in [9.17, 15) is 0 Å². The van der Waals surface area contributed by atoms with Crippen LogP contribution >= 0.6 is 11.3 Å². The van der Waals surface area contributed by atoms with Gasteiger partial charge in [-0.3, -0.25) is 0 Å².